The highest BCUT2D eigenvalue weighted by Crippen LogP contribution is 2.04. The Kier molecular flexibility index (Phi) is 4.05. The monoisotopic (exact) mass is 203 g/mol. The number of aromatic nitrogens is 1. The molecular weight excluding hydrogens is 194 g/mol. The van der Waals surface area contributed by atoms with Gasteiger partial charge in [-0.3, -0.25) is 0 Å². The maximum Gasteiger partial charge on any atom is 0.357 e. The van der Waals surface area contributed by atoms with Crippen LogP contribution < -0.4 is 0 Å². The van der Waals surface area contributed by atoms with Gasteiger partial charge in [0.15, 0.2) is 5.69 Å². The molecule has 0 amide bonds. The third-order valence-corrected chi connectivity index (χ3v) is 1.59. The Labute approximate surface area is 87.3 Å². The first-order valence-corrected chi connectivity index (χ1v) is 4.25. The highest BCUT2D eigenvalue weighted by Gasteiger charge is 2.10. The molecule has 0 bridgehead atoms. The Balaban J connectivity index is 3.02. The number of ether oxygens (including phenoxy) is 1. The van der Waals surface area contributed by atoms with E-state index < -0.39 is 5.97 Å². The Hall–Kier alpha value is -2.15. The minimum Gasteiger partial charge on any atom is -0.464 e. The summed E-state index contributed by atoms with van der Waals surface area (Å²) in [4.78, 5) is 25.2. The minimum atomic E-state index is -0.536. The molecule has 0 N–H and O–H groups in total. The lowest BCUT2D eigenvalue weighted by Crippen LogP contribution is -2.06. The van der Waals surface area contributed by atoms with Gasteiger partial charge in [-0.2, -0.15) is 0 Å². The maximum absolute atomic E-state index is 11.2. The van der Waals surface area contributed by atoms with Crippen LogP contribution in [0.3, 0.4) is 0 Å². The van der Waals surface area contributed by atoms with Crippen LogP contribution in [0.4, 0.5) is 0 Å². The number of pyridine rings is 1. The summed E-state index contributed by atoms with van der Waals surface area (Å²) in [5, 5.41) is 0. The van der Waals surface area contributed by atoms with Gasteiger partial charge < -0.3 is 9.53 Å². The van der Waals surface area contributed by atoms with Crippen LogP contribution in [0.2, 0.25) is 0 Å². The second-order valence-corrected chi connectivity index (χ2v) is 2.56. The topological polar surface area (TPSA) is 56.3 Å². The van der Waals surface area contributed by atoms with Crippen LogP contribution in [0, 0.1) is 11.8 Å². The highest BCUT2D eigenvalue weighted by molar-refractivity contribution is 5.90. The number of hydrogen-bond donors (Lipinski definition) is 0. The molecule has 4 nitrogen and oxygen atoms in total. The van der Waals surface area contributed by atoms with E-state index in [1.54, 1.807) is 12.1 Å². The zero-order chi connectivity index (χ0) is 11.1. The van der Waals surface area contributed by atoms with Gasteiger partial charge in [0.05, 0.1) is 19.1 Å². The van der Waals surface area contributed by atoms with Crippen LogP contribution in [0.1, 0.15) is 22.5 Å². The normalized spacial score (nSPS) is 8.60. The van der Waals surface area contributed by atoms with Gasteiger partial charge in [0, 0.05) is 6.20 Å². The maximum atomic E-state index is 11.2. The summed E-state index contributed by atoms with van der Waals surface area (Å²) in [5.41, 5.74) is 0.629. The smallest absolute Gasteiger partial charge is 0.357 e. The number of esters is 1. The van der Waals surface area contributed by atoms with Crippen molar-refractivity contribution >= 4 is 12.3 Å². The van der Waals surface area contributed by atoms with Gasteiger partial charge in [-0.15, -0.1) is 0 Å². The van der Waals surface area contributed by atoms with Crippen LogP contribution in [0.15, 0.2) is 18.3 Å². The van der Waals surface area contributed by atoms with Gasteiger partial charge in [0.2, 0.25) is 0 Å². The number of carbonyl (C=O) groups is 2. The number of rotatable bonds is 2. The largest absolute Gasteiger partial charge is 0.464 e. The van der Waals surface area contributed by atoms with Gasteiger partial charge in [-0.25, -0.2) is 9.78 Å². The Morgan fingerprint density at radius 2 is 2.47 bits per heavy atom. The summed E-state index contributed by atoms with van der Waals surface area (Å²) in [6, 6.07) is 3.31. The summed E-state index contributed by atoms with van der Waals surface area (Å²) in [6.07, 6.45) is 2.31. The first-order valence-electron chi connectivity index (χ1n) is 4.25. The fraction of sp³-hybridized carbons (Fsp3) is 0.182. The molecule has 1 aromatic heterocycles. The van der Waals surface area contributed by atoms with E-state index in [0.29, 0.717) is 11.8 Å². The van der Waals surface area contributed by atoms with Gasteiger partial charge in [-0.05, 0) is 12.1 Å². The number of hydrogen-bond acceptors (Lipinski definition) is 4. The second-order valence-electron chi connectivity index (χ2n) is 2.56. The van der Waals surface area contributed by atoms with Crippen molar-refractivity contribution in [2.75, 3.05) is 7.11 Å². The van der Waals surface area contributed by atoms with Crippen molar-refractivity contribution in [2.45, 2.75) is 6.42 Å². The summed E-state index contributed by atoms with van der Waals surface area (Å²) in [7, 11) is 1.28. The van der Waals surface area contributed by atoms with Gasteiger partial charge >= 0.3 is 5.97 Å². The van der Waals surface area contributed by atoms with Crippen molar-refractivity contribution < 1.29 is 14.3 Å². The lowest BCUT2D eigenvalue weighted by Gasteiger charge is -1.99. The summed E-state index contributed by atoms with van der Waals surface area (Å²) >= 11 is 0. The summed E-state index contributed by atoms with van der Waals surface area (Å²) in [5.74, 6) is 4.75. The number of methoxy groups -OCH3 is 1. The molecule has 0 radical (unpaired) electrons. The van der Waals surface area contributed by atoms with E-state index in [2.05, 4.69) is 21.6 Å². The number of nitrogens with zero attached hydrogens (tertiary/aromatic N) is 1. The molecule has 0 saturated heterocycles. The molecule has 4 heteroatoms. The molecule has 0 atom stereocenters. The molecule has 0 unspecified atom stereocenters. The van der Waals surface area contributed by atoms with Gasteiger partial charge in [0.1, 0.15) is 6.29 Å². The van der Waals surface area contributed by atoms with E-state index in [0.717, 1.165) is 0 Å². The predicted octanol–water partition coefficient (Wildman–Crippen LogP) is 0.809. The molecule has 1 heterocycles. The summed E-state index contributed by atoms with van der Waals surface area (Å²) < 4.78 is 4.54. The standard InChI is InChI=1S/C11H9NO3/c1-15-11(14)10-9(5-2-3-8-13)6-4-7-12-10/h4,6-8H,3H2,1H3. The van der Waals surface area contributed by atoms with E-state index >= 15 is 0 Å². The van der Waals surface area contributed by atoms with E-state index in [9.17, 15) is 9.59 Å². The van der Waals surface area contributed by atoms with Crippen LogP contribution in [0.25, 0.3) is 0 Å². The average molecular weight is 203 g/mol. The van der Waals surface area contributed by atoms with Crippen LogP contribution in [-0.4, -0.2) is 24.3 Å². The highest BCUT2D eigenvalue weighted by atomic mass is 16.5. The Morgan fingerprint density at radius 1 is 1.67 bits per heavy atom. The summed E-state index contributed by atoms with van der Waals surface area (Å²) in [6.45, 7) is 0. The lowest BCUT2D eigenvalue weighted by molar-refractivity contribution is -0.107. The molecule has 0 spiro atoms. The molecule has 15 heavy (non-hydrogen) atoms. The van der Waals surface area contributed by atoms with Crippen LogP contribution in [-0.2, 0) is 9.53 Å². The number of aldehydes is 1. The SMILES string of the molecule is COC(=O)c1ncccc1C#CCC=O. The van der Waals surface area contributed by atoms with Crippen LogP contribution in [0.5, 0.6) is 0 Å². The number of carbonyl (C=O) groups excluding carboxylic acids is 2. The molecule has 1 rings (SSSR count). The second kappa shape index (κ2) is 5.55. The molecule has 0 saturated carbocycles. The van der Waals surface area contributed by atoms with Gasteiger partial charge in [0.25, 0.3) is 0 Å². The third-order valence-electron chi connectivity index (χ3n) is 1.59. The van der Waals surface area contributed by atoms with Crippen molar-refractivity contribution in [1.82, 2.24) is 4.98 Å². The predicted molar refractivity (Wildman–Crippen MR) is 53.1 cm³/mol. The zero-order valence-corrected chi connectivity index (χ0v) is 8.19. The molecule has 1 aromatic rings. The average Bonchev–Trinajstić information content (AvgIpc) is 2.29. The van der Waals surface area contributed by atoms with Crippen molar-refractivity contribution in [3.05, 3.63) is 29.6 Å². The third kappa shape index (κ3) is 2.92. The quantitative estimate of drug-likeness (QED) is 0.405. The molecule has 0 aliphatic carbocycles. The Morgan fingerprint density at radius 3 is 3.13 bits per heavy atom. The van der Waals surface area contributed by atoms with Gasteiger partial charge in [-0.1, -0.05) is 11.8 Å². The van der Waals surface area contributed by atoms with Crippen molar-refractivity contribution in [1.29, 1.82) is 0 Å². The molecule has 0 fully saturated rings. The molecule has 0 aromatic carbocycles. The van der Waals surface area contributed by atoms with Crippen molar-refractivity contribution in [3.8, 4) is 11.8 Å². The first kappa shape index (κ1) is 10.9. The van der Waals surface area contributed by atoms with E-state index in [-0.39, 0.29) is 12.1 Å². The molecule has 0 aliphatic rings. The minimum absolute atomic E-state index is 0.134. The molecule has 0 aliphatic heterocycles. The van der Waals surface area contributed by atoms with E-state index in [4.69, 9.17) is 0 Å². The molecular formula is C11H9NO3. The van der Waals surface area contributed by atoms with Crippen LogP contribution >= 0.6 is 0 Å². The lowest BCUT2D eigenvalue weighted by atomic mass is 10.2. The van der Waals surface area contributed by atoms with Crippen molar-refractivity contribution in [2.24, 2.45) is 0 Å². The fourth-order valence-electron chi connectivity index (χ4n) is 0.953. The fourth-order valence-corrected chi connectivity index (χ4v) is 0.953. The molecule has 76 valence electrons. The Bertz CT molecular complexity index is 429. The van der Waals surface area contributed by atoms with E-state index in [1.807, 2.05) is 0 Å². The van der Waals surface area contributed by atoms with Crippen molar-refractivity contribution in [3.63, 3.8) is 0 Å². The van der Waals surface area contributed by atoms with E-state index in [1.165, 1.54) is 13.3 Å². The zero-order valence-electron chi connectivity index (χ0n) is 8.19. The first-order chi connectivity index (χ1) is 7.29.